The van der Waals surface area contributed by atoms with E-state index in [-0.39, 0.29) is 0 Å². The third kappa shape index (κ3) is 3.66. The first-order chi connectivity index (χ1) is 10.8. The van der Waals surface area contributed by atoms with Crippen LogP contribution in [0.15, 0.2) is 72.8 Å². The van der Waals surface area contributed by atoms with Gasteiger partial charge in [0.15, 0.2) is 0 Å². The molecule has 3 aromatic rings. The predicted molar refractivity (Wildman–Crippen MR) is 92.2 cm³/mol. The summed E-state index contributed by atoms with van der Waals surface area (Å²) in [4.78, 5) is 2.30. The molecule has 2 nitrogen and oxygen atoms in total. The average molecular weight is 291 g/mol. The van der Waals surface area contributed by atoms with Gasteiger partial charge in [0.25, 0.3) is 0 Å². The Morgan fingerprint density at radius 1 is 0.818 bits per heavy atom. The second kappa shape index (κ2) is 7.10. The molecule has 0 saturated carbocycles. The summed E-state index contributed by atoms with van der Waals surface area (Å²) >= 11 is 0. The summed E-state index contributed by atoms with van der Waals surface area (Å²) in [6, 6.07) is 25.0. The normalized spacial score (nSPS) is 11.0. The van der Waals surface area contributed by atoms with Crippen molar-refractivity contribution in [2.75, 3.05) is 20.2 Å². The van der Waals surface area contributed by atoms with E-state index >= 15 is 0 Å². The van der Waals surface area contributed by atoms with Crippen molar-refractivity contribution in [2.24, 2.45) is 0 Å². The van der Waals surface area contributed by atoms with Crippen LogP contribution in [0.25, 0.3) is 10.8 Å². The van der Waals surface area contributed by atoms with Crippen molar-refractivity contribution in [1.82, 2.24) is 4.90 Å². The fourth-order valence-electron chi connectivity index (χ4n) is 2.64. The zero-order valence-corrected chi connectivity index (χ0v) is 12.9. The molecule has 3 aromatic carbocycles. The molecule has 112 valence electrons. The van der Waals surface area contributed by atoms with Gasteiger partial charge in [0.1, 0.15) is 12.4 Å². The summed E-state index contributed by atoms with van der Waals surface area (Å²) in [5.74, 6) is 0.932. The molecule has 2 heteroatoms. The van der Waals surface area contributed by atoms with E-state index in [0.717, 1.165) is 18.8 Å². The Balaban J connectivity index is 1.58. The van der Waals surface area contributed by atoms with Gasteiger partial charge in [0.05, 0.1) is 0 Å². The van der Waals surface area contributed by atoms with E-state index in [1.54, 1.807) is 0 Å². The lowest BCUT2D eigenvalue weighted by molar-refractivity contribution is 0.233. The molecule has 0 aromatic heterocycles. The fraction of sp³-hybridized carbons (Fsp3) is 0.200. The van der Waals surface area contributed by atoms with Crippen molar-refractivity contribution in [3.8, 4) is 5.75 Å². The summed E-state index contributed by atoms with van der Waals surface area (Å²) in [5, 5.41) is 2.63. The lowest BCUT2D eigenvalue weighted by Gasteiger charge is -2.18. The standard InChI is InChI=1S/C20H21NO/c1-21(14-15-22-19-11-3-2-4-12-19)16-18-10-7-9-17-8-5-6-13-20(17)18/h2-13H,14-16H2,1H3. The van der Waals surface area contributed by atoms with E-state index in [1.165, 1.54) is 16.3 Å². The van der Waals surface area contributed by atoms with Crippen LogP contribution in [0.3, 0.4) is 0 Å². The Kier molecular flexibility index (Phi) is 4.71. The number of rotatable bonds is 6. The molecule has 0 aliphatic carbocycles. The van der Waals surface area contributed by atoms with Gasteiger partial charge in [-0.25, -0.2) is 0 Å². The number of benzene rings is 3. The molecule has 0 heterocycles. The van der Waals surface area contributed by atoms with Crippen LogP contribution in [-0.2, 0) is 6.54 Å². The molecule has 0 N–H and O–H groups in total. The van der Waals surface area contributed by atoms with Crippen LogP contribution in [0.5, 0.6) is 5.75 Å². The highest BCUT2D eigenvalue weighted by molar-refractivity contribution is 5.85. The number of hydrogen-bond donors (Lipinski definition) is 0. The van der Waals surface area contributed by atoms with E-state index in [1.807, 2.05) is 30.3 Å². The molecule has 0 aliphatic heterocycles. The molecular weight excluding hydrogens is 270 g/mol. The molecule has 0 spiro atoms. The number of likely N-dealkylation sites (N-methyl/N-ethyl adjacent to an activating group) is 1. The fourth-order valence-corrected chi connectivity index (χ4v) is 2.64. The topological polar surface area (TPSA) is 12.5 Å². The first-order valence-corrected chi connectivity index (χ1v) is 7.66. The lowest BCUT2D eigenvalue weighted by atomic mass is 10.0. The van der Waals surface area contributed by atoms with Crippen molar-refractivity contribution >= 4 is 10.8 Å². The highest BCUT2D eigenvalue weighted by atomic mass is 16.5. The van der Waals surface area contributed by atoms with Crippen LogP contribution < -0.4 is 4.74 Å². The van der Waals surface area contributed by atoms with Gasteiger partial charge < -0.3 is 4.74 Å². The van der Waals surface area contributed by atoms with Gasteiger partial charge in [-0.2, -0.15) is 0 Å². The highest BCUT2D eigenvalue weighted by Crippen LogP contribution is 2.19. The van der Waals surface area contributed by atoms with Crippen molar-refractivity contribution in [3.63, 3.8) is 0 Å². The van der Waals surface area contributed by atoms with Crippen molar-refractivity contribution in [3.05, 3.63) is 78.4 Å². The number of hydrogen-bond acceptors (Lipinski definition) is 2. The summed E-state index contributed by atoms with van der Waals surface area (Å²) in [6.07, 6.45) is 0. The summed E-state index contributed by atoms with van der Waals surface area (Å²) in [7, 11) is 2.14. The number of ether oxygens (including phenoxy) is 1. The van der Waals surface area contributed by atoms with E-state index in [4.69, 9.17) is 4.74 Å². The Labute approximate surface area is 132 Å². The lowest BCUT2D eigenvalue weighted by Crippen LogP contribution is -2.24. The van der Waals surface area contributed by atoms with Crippen molar-refractivity contribution in [2.45, 2.75) is 6.54 Å². The molecule has 0 bridgehead atoms. The minimum Gasteiger partial charge on any atom is -0.492 e. The molecule has 22 heavy (non-hydrogen) atoms. The van der Waals surface area contributed by atoms with Crippen LogP contribution >= 0.6 is 0 Å². The maximum Gasteiger partial charge on any atom is 0.119 e. The molecule has 0 amide bonds. The minimum absolute atomic E-state index is 0.700. The van der Waals surface area contributed by atoms with Crippen LogP contribution in [0.2, 0.25) is 0 Å². The molecule has 0 aliphatic rings. The van der Waals surface area contributed by atoms with Gasteiger partial charge in [0, 0.05) is 13.1 Å². The molecule has 0 radical (unpaired) electrons. The number of para-hydroxylation sites is 1. The number of fused-ring (bicyclic) bond motifs is 1. The van der Waals surface area contributed by atoms with Gasteiger partial charge >= 0.3 is 0 Å². The zero-order chi connectivity index (χ0) is 15.2. The Morgan fingerprint density at radius 2 is 1.55 bits per heavy atom. The summed E-state index contributed by atoms with van der Waals surface area (Å²) in [5.41, 5.74) is 1.36. The predicted octanol–water partition coefficient (Wildman–Crippen LogP) is 4.35. The Bertz CT molecular complexity index is 719. The molecule has 0 unspecified atom stereocenters. The molecule has 0 fully saturated rings. The van der Waals surface area contributed by atoms with E-state index in [0.29, 0.717) is 6.61 Å². The van der Waals surface area contributed by atoms with Crippen molar-refractivity contribution < 1.29 is 4.74 Å². The Hall–Kier alpha value is -2.32. The zero-order valence-electron chi connectivity index (χ0n) is 12.9. The van der Waals surface area contributed by atoms with E-state index < -0.39 is 0 Å². The summed E-state index contributed by atoms with van der Waals surface area (Å²) < 4.78 is 5.76. The van der Waals surface area contributed by atoms with Crippen LogP contribution in [0, 0.1) is 0 Å². The molecular formula is C20H21NO. The van der Waals surface area contributed by atoms with Gasteiger partial charge in [0.2, 0.25) is 0 Å². The first kappa shape index (κ1) is 14.6. The minimum atomic E-state index is 0.700. The molecule has 3 rings (SSSR count). The quantitative estimate of drug-likeness (QED) is 0.669. The largest absolute Gasteiger partial charge is 0.492 e. The monoisotopic (exact) mass is 291 g/mol. The second-order valence-corrected chi connectivity index (χ2v) is 5.54. The van der Waals surface area contributed by atoms with E-state index in [9.17, 15) is 0 Å². The van der Waals surface area contributed by atoms with Gasteiger partial charge in [-0.1, -0.05) is 60.7 Å². The average Bonchev–Trinajstić information content (AvgIpc) is 2.56. The smallest absolute Gasteiger partial charge is 0.119 e. The van der Waals surface area contributed by atoms with Crippen LogP contribution in [-0.4, -0.2) is 25.1 Å². The number of nitrogens with zero attached hydrogens (tertiary/aromatic N) is 1. The van der Waals surface area contributed by atoms with Crippen LogP contribution in [0.1, 0.15) is 5.56 Å². The maximum atomic E-state index is 5.76. The van der Waals surface area contributed by atoms with Crippen LogP contribution in [0.4, 0.5) is 0 Å². The van der Waals surface area contributed by atoms with E-state index in [2.05, 4.69) is 54.4 Å². The second-order valence-electron chi connectivity index (χ2n) is 5.54. The third-order valence-electron chi connectivity index (χ3n) is 3.81. The maximum absolute atomic E-state index is 5.76. The molecule has 0 atom stereocenters. The third-order valence-corrected chi connectivity index (χ3v) is 3.81. The highest BCUT2D eigenvalue weighted by Gasteiger charge is 2.04. The SMILES string of the molecule is CN(CCOc1ccccc1)Cc1cccc2ccccc12. The van der Waals surface area contributed by atoms with Gasteiger partial charge in [-0.15, -0.1) is 0 Å². The summed E-state index contributed by atoms with van der Waals surface area (Å²) in [6.45, 7) is 2.53. The van der Waals surface area contributed by atoms with Crippen molar-refractivity contribution in [1.29, 1.82) is 0 Å². The van der Waals surface area contributed by atoms with Gasteiger partial charge in [-0.05, 0) is 35.5 Å². The Morgan fingerprint density at radius 3 is 2.41 bits per heavy atom. The first-order valence-electron chi connectivity index (χ1n) is 7.66. The van der Waals surface area contributed by atoms with Gasteiger partial charge in [-0.3, -0.25) is 4.90 Å². The molecule has 0 saturated heterocycles.